The summed E-state index contributed by atoms with van der Waals surface area (Å²) in [5.41, 5.74) is 0.893. The van der Waals surface area contributed by atoms with Gasteiger partial charge in [-0.3, -0.25) is 14.7 Å². The molecule has 2 aliphatic heterocycles. The molecule has 1 aromatic heterocycles. The zero-order chi connectivity index (χ0) is 17.6. The lowest BCUT2D eigenvalue weighted by atomic mass is 10.0. The lowest BCUT2D eigenvalue weighted by molar-refractivity contribution is -0.140. The van der Waals surface area contributed by atoms with E-state index in [4.69, 9.17) is 9.47 Å². The van der Waals surface area contributed by atoms with E-state index in [9.17, 15) is 9.59 Å². The second kappa shape index (κ2) is 8.26. The van der Waals surface area contributed by atoms with E-state index < -0.39 is 0 Å². The molecule has 2 aliphatic rings. The van der Waals surface area contributed by atoms with Gasteiger partial charge in [-0.05, 0) is 11.6 Å². The number of ether oxygens (including phenoxy) is 2. The molecule has 0 N–H and O–H groups in total. The van der Waals surface area contributed by atoms with Crippen molar-refractivity contribution in [1.29, 1.82) is 0 Å². The molecule has 3 heterocycles. The topological polar surface area (TPSA) is 75.2 Å². The first-order chi connectivity index (χ1) is 12.2. The van der Waals surface area contributed by atoms with Crippen LogP contribution in [0.25, 0.3) is 0 Å². The van der Waals surface area contributed by atoms with Crippen molar-refractivity contribution in [2.75, 3.05) is 59.6 Å². The first-order valence-electron chi connectivity index (χ1n) is 8.54. The van der Waals surface area contributed by atoms with Gasteiger partial charge in [-0.25, -0.2) is 4.79 Å². The highest BCUT2D eigenvalue weighted by Crippen LogP contribution is 2.24. The van der Waals surface area contributed by atoms with Crippen LogP contribution in [-0.2, 0) is 14.3 Å². The first kappa shape index (κ1) is 17.6. The zero-order valence-electron chi connectivity index (χ0n) is 14.5. The number of aromatic nitrogens is 1. The summed E-state index contributed by atoms with van der Waals surface area (Å²) in [5, 5.41) is 0. The van der Waals surface area contributed by atoms with Crippen LogP contribution in [-0.4, -0.2) is 91.3 Å². The summed E-state index contributed by atoms with van der Waals surface area (Å²) in [4.78, 5) is 34.6. The summed E-state index contributed by atoms with van der Waals surface area (Å²) in [5.74, 6) is 0.0550. The Morgan fingerprint density at radius 3 is 2.40 bits per heavy atom. The minimum Gasteiger partial charge on any atom is -0.453 e. The maximum Gasteiger partial charge on any atom is 0.409 e. The normalized spacial score (nSPS) is 20.2. The van der Waals surface area contributed by atoms with Crippen LogP contribution in [0, 0.1) is 0 Å². The summed E-state index contributed by atoms with van der Waals surface area (Å²) in [7, 11) is 1.37. The van der Waals surface area contributed by atoms with Crippen LogP contribution in [0.1, 0.15) is 11.6 Å². The molecule has 0 aliphatic carbocycles. The van der Waals surface area contributed by atoms with Crippen LogP contribution < -0.4 is 0 Å². The first-order valence-corrected chi connectivity index (χ1v) is 8.54. The second-order valence-electron chi connectivity index (χ2n) is 6.12. The lowest BCUT2D eigenvalue weighted by Crippen LogP contribution is -2.54. The molecule has 1 aromatic rings. The van der Waals surface area contributed by atoms with Gasteiger partial charge in [0.2, 0.25) is 5.91 Å². The highest BCUT2D eigenvalue weighted by Gasteiger charge is 2.34. The predicted molar refractivity (Wildman–Crippen MR) is 89.9 cm³/mol. The lowest BCUT2D eigenvalue weighted by Gasteiger charge is -2.39. The average molecular weight is 348 g/mol. The molecule has 0 spiro atoms. The maximum absolute atomic E-state index is 13.2. The molecular weight excluding hydrogens is 324 g/mol. The number of carbonyl (C=O) groups excluding carboxylic acids is 2. The summed E-state index contributed by atoms with van der Waals surface area (Å²) in [6.45, 7) is 4.67. The molecule has 1 atom stereocenters. The Bertz CT molecular complexity index is 584. The molecule has 2 fully saturated rings. The van der Waals surface area contributed by atoms with Crippen molar-refractivity contribution in [2.24, 2.45) is 0 Å². The second-order valence-corrected chi connectivity index (χ2v) is 6.12. The van der Waals surface area contributed by atoms with Crippen LogP contribution in [0.3, 0.4) is 0 Å². The third-order valence-electron chi connectivity index (χ3n) is 4.67. The number of hydrogen-bond acceptors (Lipinski definition) is 6. The van der Waals surface area contributed by atoms with Gasteiger partial charge in [0.05, 0.1) is 20.3 Å². The standard InChI is InChI=1S/C17H24N4O4/c1-24-17(23)21-7-5-20(6-8-21)16(22)15(14-3-2-4-18-13-14)19-9-11-25-12-10-19/h2-4,13,15H,5-12H2,1H3/t15-/m0/s1. The number of morpholine rings is 1. The molecule has 2 amide bonds. The monoisotopic (exact) mass is 348 g/mol. The summed E-state index contributed by atoms with van der Waals surface area (Å²) in [6.07, 6.45) is 3.12. The van der Waals surface area contributed by atoms with Gasteiger partial charge in [0, 0.05) is 51.7 Å². The van der Waals surface area contributed by atoms with Crippen molar-refractivity contribution in [2.45, 2.75) is 6.04 Å². The molecule has 8 heteroatoms. The van der Waals surface area contributed by atoms with Gasteiger partial charge in [-0.2, -0.15) is 0 Å². The number of piperazine rings is 1. The van der Waals surface area contributed by atoms with E-state index >= 15 is 0 Å². The molecule has 2 saturated heterocycles. The third-order valence-corrected chi connectivity index (χ3v) is 4.67. The number of hydrogen-bond donors (Lipinski definition) is 0. The number of nitrogens with zero attached hydrogens (tertiary/aromatic N) is 4. The van der Waals surface area contributed by atoms with Crippen molar-refractivity contribution in [3.05, 3.63) is 30.1 Å². The van der Waals surface area contributed by atoms with Crippen LogP contribution in [0.2, 0.25) is 0 Å². The smallest absolute Gasteiger partial charge is 0.409 e. The molecule has 0 aromatic carbocycles. The van der Waals surface area contributed by atoms with Crippen molar-refractivity contribution in [1.82, 2.24) is 19.7 Å². The van der Waals surface area contributed by atoms with Gasteiger partial charge in [0.1, 0.15) is 6.04 Å². The van der Waals surface area contributed by atoms with Crippen LogP contribution >= 0.6 is 0 Å². The largest absolute Gasteiger partial charge is 0.453 e. The number of amides is 2. The van der Waals surface area contributed by atoms with Crippen molar-refractivity contribution in [3.8, 4) is 0 Å². The highest BCUT2D eigenvalue weighted by atomic mass is 16.5. The highest BCUT2D eigenvalue weighted by molar-refractivity contribution is 5.83. The number of carbonyl (C=O) groups is 2. The fourth-order valence-corrected chi connectivity index (χ4v) is 3.29. The Morgan fingerprint density at radius 2 is 1.80 bits per heavy atom. The SMILES string of the molecule is COC(=O)N1CCN(C(=O)[C@H](c2cccnc2)N2CCOCC2)CC1. The Hall–Kier alpha value is -2.19. The predicted octanol–water partition coefficient (Wildman–Crippen LogP) is 0.365. The molecule has 0 radical (unpaired) electrons. The summed E-state index contributed by atoms with van der Waals surface area (Å²) < 4.78 is 10.2. The van der Waals surface area contributed by atoms with Gasteiger partial charge in [-0.1, -0.05) is 6.07 Å². The Labute approximate surface area is 147 Å². The van der Waals surface area contributed by atoms with E-state index in [1.54, 1.807) is 17.3 Å². The van der Waals surface area contributed by atoms with E-state index in [1.807, 2.05) is 17.0 Å². The molecule has 136 valence electrons. The van der Waals surface area contributed by atoms with Crippen LogP contribution in [0.15, 0.2) is 24.5 Å². The molecule has 0 saturated carbocycles. The van der Waals surface area contributed by atoms with E-state index in [0.29, 0.717) is 52.5 Å². The van der Waals surface area contributed by atoms with Gasteiger partial charge in [-0.15, -0.1) is 0 Å². The van der Waals surface area contributed by atoms with Crippen molar-refractivity contribution >= 4 is 12.0 Å². The Morgan fingerprint density at radius 1 is 1.12 bits per heavy atom. The minimum atomic E-state index is -0.359. The van der Waals surface area contributed by atoms with Crippen LogP contribution in [0.5, 0.6) is 0 Å². The fourth-order valence-electron chi connectivity index (χ4n) is 3.29. The van der Waals surface area contributed by atoms with Crippen molar-refractivity contribution in [3.63, 3.8) is 0 Å². The molecule has 0 bridgehead atoms. The van der Waals surface area contributed by atoms with Crippen molar-refractivity contribution < 1.29 is 19.1 Å². The summed E-state index contributed by atoms with van der Waals surface area (Å²) >= 11 is 0. The number of methoxy groups -OCH3 is 1. The van der Waals surface area contributed by atoms with Gasteiger partial charge in [0.15, 0.2) is 0 Å². The van der Waals surface area contributed by atoms with E-state index in [0.717, 1.165) is 5.56 Å². The zero-order valence-corrected chi connectivity index (χ0v) is 14.5. The number of pyridine rings is 1. The molecular formula is C17H24N4O4. The van der Waals surface area contributed by atoms with E-state index in [2.05, 4.69) is 9.88 Å². The molecule has 3 rings (SSSR count). The fraction of sp³-hybridized carbons (Fsp3) is 0.588. The number of rotatable bonds is 3. The van der Waals surface area contributed by atoms with Crippen LogP contribution in [0.4, 0.5) is 4.79 Å². The molecule has 0 unspecified atom stereocenters. The van der Waals surface area contributed by atoms with Gasteiger partial charge < -0.3 is 19.3 Å². The Kier molecular flexibility index (Phi) is 5.83. The minimum absolute atomic E-state index is 0.0550. The Balaban J connectivity index is 1.72. The third kappa shape index (κ3) is 4.08. The molecule has 8 nitrogen and oxygen atoms in total. The quantitative estimate of drug-likeness (QED) is 0.785. The van der Waals surface area contributed by atoms with Gasteiger partial charge in [0.25, 0.3) is 0 Å². The van der Waals surface area contributed by atoms with Gasteiger partial charge >= 0.3 is 6.09 Å². The average Bonchev–Trinajstić information content (AvgIpc) is 2.69. The molecule has 25 heavy (non-hydrogen) atoms. The summed E-state index contributed by atoms with van der Waals surface area (Å²) in [6, 6.07) is 3.43. The van der Waals surface area contributed by atoms with E-state index in [1.165, 1.54) is 7.11 Å². The van der Waals surface area contributed by atoms with E-state index in [-0.39, 0.29) is 18.0 Å². The maximum atomic E-state index is 13.2.